The molecule has 0 aliphatic carbocycles. The average Bonchev–Trinajstić information content (AvgIpc) is 2.56. The maximum absolute atomic E-state index is 5.25. The summed E-state index contributed by atoms with van der Waals surface area (Å²) in [5.74, 6) is 5.46. The second-order valence-electron chi connectivity index (χ2n) is 5.83. The van der Waals surface area contributed by atoms with E-state index in [1.807, 2.05) is 0 Å². The lowest BCUT2D eigenvalue weighted by Crippen LogP contribution is -2.28. The quantitative estimate of drug-likeness (QED) is 0.237. The van der Waals surface area contributed by atoms with Gasteiger partial charge in [-0.2, -0.15) is 0 Å². The van der Waals surface area contributed by atoms with Gasteiger partial charge in [0, 0.05) is 20.4 Å². The minimum Gasteiger partial charge on any atom is -0.430 e. The zero-order chi connectivity index (χ0) is 17.0. The van der Waals surface area contributed by atoms with Crippen molar-refractivity contribution in [3.63, 3.8) is 0 Å². The molecule has 0 N–H and O–H groups in total. The van der Waals surface area contributed by atoms with Crippen LogP contribution >= 0.6 is 0 Å². The number of rotatable bonds is 15. The first-order valence-electron chi connectivity index (χ1n) is 9.14. The molecule has 0 bridgehead atoms. The van der Waals surface area contributed by atoms with Crippen molar-refractivity contribution in [2.75, 3.05) is 20.0 Å². The monoisotopic (exact) mass is 321 g/mol. The predicted octanol–water partition coefficient (Wildman–Crippen LogP) is 5.12. The summed E-state index contributed by atoms with van der Waals surface area (Å²) in [5.41, 5.74) is 0. The Kier molecular flexibility index (Phi) is 17.7. The lowest BCUT2D eigenvalue weighted by molar-refractivity contribution is 0.0266. The van der Waals surface area contributed by atoms with Gasteiger partial charge < -0.3 is 9.47 Å². The van der Waals surface area contributed by atoms with Crippen molar-refractivity contribution in [2.24, 2.45) is 0 Å². The Hall–Kier alpha value is -1.32. The molecule has 0 aromatic rings. The van der Waals surface area contributed by atoms with Gasteiger partial charge in [0.25, 0.3) is 0 Å². The van der Waals surface area contributed by atoms with Gasteiger partial charge in [0.2, 0.25) is 0 Å². The van der Waals surface area contributed by atoms with Crippen LogP contribution in [0.3, 0.4) is 0 Å². The Balaban J connectivity index is 3.58. The van der Waals surface area contributed by atoms with Gasteiger partial charge in [-0.1, -0.05) is 76.6 Å². The van der Waals surface area contributed by atoms with E-state index >= 15 is 0 Å². The van der Waals surface area contributed by atoms with Crippen molar-refractivity contribution in [3.05, 3.63) is 0 Å². The minimum absolute atomic E-state index is 0.476. The van der Waals surface area contributed by atoms with Crippen molar-refractivity contribution in [1.82, 2.24) is 4.90 Å². The van der Waals surface area contributed by atoms with Gasteiger partial charge in [-0.3, -0.25) is 0 Å². The number of nitrogens with zero attached hydrogens (tertiary/aromatic N) is 1. The highest BCUT2D eigenvalue weighted by atomic mass is 16.5. The fourth-order valence-electron chi connectivity index (χ4n) is 2.38. The molecule has 0 saturated carbocycles. The van der Waals surface area contributed by atoms with E-state index in [2.05, 4.69) is 35.9 Å². The average molecular weight is 322 g/mol. The number of unbranched alkanes of at least 4 members (excludes halogenated alkanes) is 9. The van der Waals surface area contributed by atoms with E-state index in [-0.39, 0.29) is 0 Å². The predicted molar refractivity (Wildman–Crippen MR) is 97.4 cm³/mol. The van der Waals surface area contributed by atoms with E-state index in [9.17, 15) is 0 Å². The molecule has 23 heavy (non-hydrogen) atoms. The normalized spacial score (nSPS) is 9.74. The highest BCUT2D eigenvalue weighted by molar-refractivity contribution is 4.86. The van der Waals surface area contributed by atoms with Crippen LogP contribution in [0.2, 0.25) is 0 Å². The Morgan fingerprint density at radius 3 is 1.52 bits per heavy atom. The first-order chi connectivity index (χ1) is 11.3. The number of hydrogen-bond acceptors (Lipinski definition) is 3. The third-order valence-corrected chi connectivity index (χ3v) is 3.67. The molecule has 3 nitrogen and oxygen atoms in total. The maximum Gasteiger partial charge on any atom is 0.156 e. The fourth-order valence-corrected chi connectivity index (χ4v) is 2.38. The van der Waals surface area contributed by atoms with E-state index in [4.69, 9.17) is 9.47 Å². The van der Waals surface area contributed by atoms with Crippen LogP contribution in [0.1, 0.15) is 85.0 Å². The van der Waals surface area contributed by atoms with Crippen molar-refractivity contribution in [3.8, 4) is 24.1 Å². The second-order valence-corrected chi connectivity index (χ2v) is 5.83. The van der Waals surface area contributed by atoms with Crippen LogP contribution in [-0.4, -0.2) is 24.9 Å². The molecule has 0 unspecified atom stereocenters. The van der Waals surface area contributed by atoms with Crippen LogP contribution in [-0.2, 0) is 9.47 Å². The van der Waals surface area contributed by atoms with Gasteiger partial charge in [0.15, 0.2) is 13.5 Å². The van der Waals surface area contributed by atoms with Crippen LogP contribution in [0, 0.1) is 24.1 Å². The van der Waals surface area contributed by atoms with Crippen molar-refractivity contribution in [2.45, 2.75) is 85.0 Å². The third-order valence-electron chi connectivity index (χ3n) is 3.67. The molecule has 0 aliphatic rings. The van der Waals surface area contributed by atoms with Gasteiger partial charge in [-0.25, -0.2) is 4.90 Å². The zero-order valence-electron chi connectivity index (χ0n) is 15.5. The molecule has 0 atom stereocenters. The van der Waals surface area contributed by atoms with Gasteiger partial charge in [0.1, 0.15) is 12.2 Å². The fraction of sp³-hybridized carbons (Fsp3) is 0.800. The summed E-state index contributed by atoms with van der Waals surface area (Å²) in [6.07, 6.45) is 18.7. The van der Waals surface area contributed by atoms with Crippen molar-refractivity contribution >= 4 is 0 Å². The van der Waals surface area contributed by atoms with E-state index in [0.717, 1.165) is 6.54 Å². The lowest BCUT2D eigenvalue weighted by Gasteiger charge is -2.18. The van der Waals surface area contributed by atoms with Crippen LogP contribution in [0.25, 0.3) is 0 Å². The first-order valence-corrected chi connectivity index (χ1v) is 9.14. The molecular weight excluding hydrogens is 286 g/mol. The molecule has 0 aromatic carbocycles. The van der Waals surface area contributed by atoms with Gasteiger partial charge in [0.05, 0.1) is 0 Å². The molecule has 0 rings (SSSR count). The van der Waals surface area contributed by atoms with Crippen molar-refractivity contribution in [1.29, 1.82) is 0 Å². The Labute approximate surface area is 144 Å². The molecule has 0 saturated heterocycles. The highest BCUT2D eigenvalue weighted by Gasteiger charge is 2.04. The topological polar surface area (TPSA) is 21.7 Å². The van der Waals surface area contributed by atoms with E-state index in [1.165, 1.54) is 64.2 Å². The number of ether oxygens (including phenoxy) is 2. The minimum atomic E-state index is 0.476. The Morgan fingerprint density at radius 1 is 0.652 bits per heavy atom. The molecule has 0 aromatic heterocycles. The summed E-state index contributed by atoms with van der Waals surface area (Å²) in [6.45, 7) is 7.72. The summed E-state index contributed by atoms with van der Waals surface area (Å²) >= 11 is 0. The molecule has 0 heterocycles. The van der Waals surface area contributed by atoms with Crippen LogP contribution in [0.5, 0.6) is 0 Å². The summed E-state index contributed by atoms with van der Waals surface area (Å²) in [4.78, 5) is 2.10. The van der Waals surface area contributed by atoms with Crippen molar-refractivity contribution < 1.29 is 9.47 Å². The Bertz CT molecular complexity index is 335. The summed E-state index contributed by atoms with van der Waals surface area (Å²) in [7, 11) is 0. The van der Waals surface area contributed by atoms with Crippen LogP contribution in [0.4, 0.5) is 0 Å². The maximum atomic E-state index is 5.25. The summed E-state index contributed by atoms with van der Waals surface area (Å²) < 4.78 is 10.5. The third kappa shape index (κ3) is 16.9. The molecule has 0 amide bonds. The highest BCUT2D eigenvalue weighted by Crippen LogP contribution is 2.10. The van der Waals surface area contributed by atoms with E-state index < -0.39 is 0 Å². The van der Waals surface area contributed by atoms with Gasteiger partial charge in [-0.15, -0.1) is 0 Å². The molecule has 3 heteroatoms. The van der Waals surface area contributed by atoms with Gasteiger partial charge >= 0.3 is 0 Å². The first kappa shape index (κ1) is 21.7. The SMILES string of the molecule is CC#COCN(CCCCCCCCCCCC)COC#CC. The van der Waals surface area contributed by atoms with E-state index in [1.54, 1.807) is 13.8 Å². The standard InChI is InChI=1S/C20H35NO2/c1-4-7-8-9-10-11-12-13-14-15-16-21(19-22-17-5-2)20-23-18-6-3/h4,7-16,19-20H2,1-3H3. The molecule has 0 spiro atoms. The zero-order valence-corrected chi connectivity index (χ0v) is 15.5. The molecule has 0 aliphatic heterocycles. The summed E-state index contributed by atoms with van der Waals surface area (Å²) in [5, 5.41) is 0. The molecule has 0 radical (unpaired) electrons. The number of hydrogen-bond donors (Lipinski definition) is 0. The van der Waals surface area contributed by atoms with E-state index in [0.29, 0.717) is 13.5 Å². The van der Waals surface area contributed by atoms with Crippen LogP contribution < -0.4 is 0 Å². The lowest BCUT2D eigenvalue weighted by atomic mass is 10.1. The van der Waals surface area contributed by atoms with Crippen LogP contribution in [0.15, 0.2) is 0 Å². The summed E-state index contributed by atoms with van der Waals surface area (Å²) in [6, 6.07) is 0. The molecule has 0 fully saturated rings. The smallest absolute Gasteiger partial charge is 0.156 e. The second kappa shape index (κ2) is 18.7. The Morgan fingerprint density at radius 2 is 1.09 bits per heavy atom. The molecule has 132 valence electrons. The van der Waals surface area contributed by atoms with Gasteiger partial charge in [-0.05, 0) is 6.42 Å². The molecular formula is C20H35NO2. The largest absolute Gasteiger partial charge is 0.430 e.